The first kappa shape index (κ1) is 33.1. The molecule has 0 N–H and O–H groups in total. The fourth-order valence-corrected chi connectivity index (χ4v) is 16.3. The number of thiophene rings is 1. The molecule has 8 aromatic carbocycles. The van der Waals surface area contributed by atoms with Crippen LogP contribution in [0.25, 0.3) is 75.3 Å². The van der Waals surface area contributed by atoms with Gasteiger partial charge in [0.05, 0.1) is 22.1 Å². The van der Waals surface area contributed by atoms with E-state index in [1.165, 1.54) is 73.5 Å². The highest BCUT2D eigenvalue weighted by molar-refractivity contribution is 7.30. The average Bonchev–Trinajstić information content (AvgIpc) is 3.96. The van der Waals surface area contributed by atoms with Crippen molar-refractivity contribution >= 4 is 104 Å². The van der Waals surface area contributed by atoms with Crippen LogP contribution in [-0.2, 0) is 0 Å². The molecular formula is C53H35N3SSi. The van der Waals surface area contributed by atoms with Gasteiger partial charge in [0, 0.05) is 53.6 Å². The molecule has 0 fully saturated rings. The van der Waals surface area contributed by atoms with E-state index >= 15 is 0 Å². The van der Waals surface area contributed by atoms with Crippen LogP contribution >= 0.6 is 11.3 Å². The zero-order valence-corrected chi connectivity index (χ0v) is 33.3. The van der Waals surface area contributed by atoms with Crippen LogP contribution in [0, 0.1) is 0 Å². The fourth-order valence-electron chi connectivity index (χ4n) is 9.74. The molecule has 3 nitrogen and oxygen atoms in total. The number of nitrogens with zero attached hydrogens (tertiary/aromatic N) is 3. The van der Waals surface area contributed by atoms with E-state index < -0.39 is 8.07 Å². The Balaban J connectivity index is 1.23. The number of hydrogen-bond donors (Lipinski definition) is 0. The van der Waals surface area contributed by atoms with E-state index in [2.05, 4.69) is 222 Å². The average molecular weight is 774 g/mol. The van der Waals surface area contributed by atoms with Crippen molar-refractivity contribution in [3.05, 3.63) is 212 Å². The highest BCUT2D eigenvalue weighted by Crippen LogP contribution is 2.41. The molecule has 0 radical (unpaired) electrons. The molecular weight excluding hydrogens is 739 g/mol. The molecule has 58 heavy (non-hydrogen) atoms. The first-order valence-corrected chi connectivity index (χ1v) is 22.6. The maximum Gasteiger partial charge on any atom is 0.181 e. The zero-order valence-electron chi connectivity index (χ0n) is 31.5. The molecule has 12 rings (SSSR count). The molecule has 0 saturated carbocycles. The zero-order chi connectivity index (χ0) is 38.2. The Morgan fingerprint density at radius 1 is 0.397 bits per heavy atom. The second-order valence-corrected chi connectivity index (χ2v) is 19.9. The van der Waals surface area contributed by atoms with Gasteiger partial charge in [-0.25, -0.2) is 4.98 Å². The van der Waals surface area contributed by atoms with Gasteiger partial charge in [-0.3, -0.25) is 4.57 Å². The second-order valence-electron chi connectivity index (χ2n) is 15.1. The summed E-state index contributed by atoms with van der Waals surface area (Å²) in [4.78, 5) is 5.32. The number of para-hydroxylation sites is 3. The molecule has 0 atom stereocenters. The summed E-state index contributed by atoms with van der Waals surface area (Å²) in [6.45, 7) is 0. The Morgan fingerprint density at radius 3 is 1.60 bits per heavy atom. The van der Waals surface area contributed by atoms with Crippen molar-refractivity contribution in [1.82, 2.24) is 14.1 Å². The smallest absolute Gasteiger partial charge is 0.181 e. The Kier molecular flexibility index (Phi) is 7.42. The van der Waals surface area contributed by atoms with E-state index in [1.54, 1.807) is 0 Å². The van der Waals surface area contributed by atoms with E-state index in [-0.39, 0.29) is 0 Å². The summed E-state index contributed by atoms with van der Waals surface area (Å²) in [5, 5.41) is 12.9. The molecule has 4 aromatic heterocycles. The molecule has 0 aliphatic carbocycles. The predicted molar refractivity (Wildman–Crippen MR) is 249 cm³/mol. The summed E-state index contributed by atoms with van der Waals surface area (Å²) >= 11 is 1.92. The maximum atomic E-state index is 5.32. The first-order chi connectivity index (χ1) is 28.8. The third-order valence-corrected chi connectivity index (χ3v) is 18.3. The highest BCUT2D eigenvalue weighted by Gasteiger charge is 2.43. The number of hydrogen-bond acceptors (Lipinski definition) is 2. The Labute approximate surface area is 340 Å². The van der Waals surface area contributed by atoms with Gasteiger partial charge in [0.2, 0.25) is 0 Å². The SMILES string of the molecule is c1ccc(-n2c3ccccc3c3ccc4c5ccccc5n(-c5cc([Si](c6ccccc6)(c6ccccc6)c6cccc7c6sc6ccccc67)ccn5)c4c32)cc1. The lowest BCUT2D eigenvalue weighted by Gasteiger charge is -2.35. The number of aromatic nitrogens is 3. The first-order valence-electron chi connectivity index (χ1n) is 19.8. The van der Waals surface area contributed by atoms with Crippen molar-refractivity contribution in [1.29, 1.82) is 0 Å². The number of fused-ring (bicyclic) bond motifs is 10. The van der Waals surface area contributed by atoms with E-state index in [0.717, 1.165) is 22.5 Å². The molecule has 12 aromatic rings. The Bertz CT molecular complexity index is 3470. The van der Waals surface area contributed by atoms with Crippen LogP contribution in [0.2, 0.25) is 0 Å². The fraction of sp³-hybridized carbons (Fsp3) is 0. The number of rotatable bonds is 6. The van der Waals surface area contributed by atoms with Gasteiger partial charge in [0.25, 0.3) is 0 Å². The molecule has 0 bridgehead atoms. The molecule has 0 saturated heterocycles. The summed E-state index contributed by atoms with van der Waals surface area (Å²) < 4.78 is 7.55. The van der Waals surface area contributed by atoms with Crippen LogP contribution in [-0.4, -0.2) is 22.2 Å². The van der Waals surface area contributed by atoms with Gasteiger partial charge >= 0.3 is 0 Å². The van der Waals surface area contributed by atoms with Gasteiger partial charge in [0.15, 0.2) is 8.07 Å². The van der Waals surface area contributed by atoms with Crippen molar-refractivity contribution in [3.63, 3.8) is 0 Å². The summed E-state index contributed by atoms with van der Waals surface area (Å²) in [6, 6.07) is 76.1. The molecule has 272 valence electrons. The third-order valence-electron chi connectivity index (χ3n) is 12.1. The Morgan fingerprint density at radius 2 is 0.931 bits per heavy atom. The quantitative estimate of drug-likeness (QED) is 0.122. The van der Waals surface area contributed by atoms with E-state index in [0.29, 0.717) is 0 Å². The minimum Gasteiger partial charge on any atom is -0.307 e. The van der Waals surface area contributed by atoms with Crippen LogP contribution in [0.15, 0.2) is 212 Å². The number of benzene rings is 8. The van der Waals surface area contributed by atoms with E-state index in [9.17, 15) is 0 Å². The van der Waals surface area contributed by atoms with Crippen LogP contribution in [0.5, 0.6) is 0 Å². The molecule has 5 heteroatoms. The van der Waals surface area contributed by atoms with Crippen molar-refractivity contribution in [2.45, 2.75) is 0 Å². The van der Waals surface area contributed by atoms with Crippen LogP contribution in [0.4, 0.5) is 0 Å². The lowest BCUT2D eigenvalue weighted by Crippen LogP contribution is -2.74. The van der Waals surface area contributed by atoms with Gasteiger partial charge in [-0.2, -0.15) is 0 Å². The minimum absolute atomic E-state index is 0.910. The topological polar surface area (TPSA) is 22.8 Å². The molecule has 0 amide bonds. The van der Waals surface area contributed by atoms with Crippen LogP contribution in [0.1, 0.15) is 0 Å². The Hall–Kier alpha value is -7.05. The van der Waals surface area contributed by atoms with Crippen molar-refractivity contribution in [2.75, 3.05) is 0 Å². The van der Waals surface area contributed by atoms with Gasteiger partial charge < -0.3 is 4.57 Å². The van der Waals surface area contributed by atoms with Crippen molar-refractivity contribution in [2.24, 2.45) is 0 Å². The number of pyridine rings is 1. The maximum absolute atomic E-state index is 5.32. The highest BCUT2D eigenvalue weighted by atomic mass is 32.1. The molecule has 4 heterocycles. The van der Waals surface area contributed by atoms with Crippen LogP contribution < -0.4 is 20.7 Å². The standard InChI is InChI=1S/C53H35N3SSi/c1-4-17-36(18-5-1)55-46-27-13-10-23-40(46)43-31-32-44-41-24-11-14-28-47(41)56(52(44)51(43)55)50-35-39(33-34-54-50)58(37-19-6-2-7-20-37,38-21-8-3-9-22-38)49-30-16-26-45-42-25-12-15-29-48(42)57-53(45)49/h1-35H. The van der Waals surface area contributed by atoms with Gasteiger partial charge in [-0.05, 0) is 63.2 Å². The van der Waals surface area contributed by atoms with Gasteiger partial charge in [-0.1, -0.05) is 164 Å². The summed E-state index contributed by atoms with van der Waals surface area (Å²) in [6.07, 6.45) is 2.05. The van der Waals surface area contributed by atoms with Crippen molar-refractivity contribution < 1.29 is 0 Å². The van der Waals surface area contributed by atoms with Gasteiger partial charge in [0.1, 0.15) is 5.82 Å². The predicted octanol–water partition coefficient (Wildman–Crippen LogP) is 11.0. The molecule has 0 aliphatic rings. The lowest BCUT2D eigenvalue weighted by molar-refractivity contribution is 1.08. The molecule has 0 unspecified atom stereocenters. The normalized spacial score (nSPS) is 12.1. The largest absolute Gasteiger partial charge is 0.307 e. The third kappa shape index (κ3) is 4.69. The minimum atomic E-state index is -3.00. The summed E-state index contributed by atoms with van der Waals surface area (Å²) in [5.41, 5.74) is 5.79. The molecule has 0 aliphatic heterocycles. The summed E-state index contributed by atoms with van der Waals surface area (Å²) in [7, 11) is -3.00. The van der Waals surface area contributed by atoms with Crippen molar-refractivity contribution in [3.8, 4) is 11.5 Å². The lowest BCUT2D eigenvalue weighted by atomic mass is 10.1. The monoisotopic (exact) mass is 773 g/mol. The molecule has 0 spiro atoms. The summed E-state index contributed by atoms with van der Waals surface area (Å²) in [5.74, 6) is 0.910. The van der Waals surface area contributed by atoms with Crippen LogP contribution in [0.3, 0.4) is 0 Å². The van der Waals surface area contributed by atoms with E-state index in [4.69, 9.17) is 4.98 Å². The van der Waals surface area contributed by atoms with Gasteiger partial charge in [-0.15, -0.1) is 11.3 Å². The van der Waals surface area contributed by atoms with E-state index in [1.807, 2.05) is 11.3 Å². The second kappa shape index (κ2) is 13.0.